The van der Waals surface area contributed by atoms with E-state index in [1.54, 1.807) is 24.5 Å². The highest BCUT2D eigenvalue weighted by molar-refractivity contribution is 6.07. The molecule has 0 spiro atoms. The zero-order chi connectivity index (χ0) is 15.5. The third-order valence-corrected chi connectivity index (χ3v) is 3.26. The highest BCUT2D eigenvalue weighted by Crippen LogP contribution is 2.28. The molecule has 0 aliphatic heterocycles. The largest absolute Gasteiger partial charge is 0.507 e. The summed E-state index contributed by atoms with van der Waals surface area (Å²) < 4.78 is 0. The molecule has 5 nitrogen and oxygen atoms in total. The Bertz CT molecular complexity index is 872. The Balaban J connectivity index is 2.02. The van der Waals surface area contributed by atoms with Crippen LogP contribution in [-0.4, -0.2) is 20.9 Å². The van der Waals surface area contributed by atoms with Crippen molar-refractivity contribution in [2.75, 3.05) is 0 Å². The number of phenols is 1. The van der Waals surface area contributed by atoms with Gasteiger partial charge < -0.3 is 10.8 Å². The zero-order valence-corrected chi connectivity index (χ0v) is 11.8. The molecule has 0 aliphatic carbocycles. The molecule has 2 aromatic carbocycles. The number of nitrogens with zero attached hydrogens (tertiary/aromatic N) is 3. The summed E-state index contributed by atoms with van der Waals surface area (Å²) in [4.78, 5) is 12.3. The zero-order valence-electron chi connectivity index (χ0n) is 11.8. The van der Waals surface area contributed by atoms with Crippen LogP contribution in [0.3, 0.4) is 0 Å². The fourth-order valence-electron chi connectivity index (χ4n) is 2.17. The molecule has 22 heavy (non-hydrogen) atoms. The summed E-state index contributed by atoms with van der Waals surface area (Å²) >= 11 is 0. The number of benzene rings is 2. The molecule has 0 atom stereocenters. The van der Waals surface area contributed by atoms with Gasteiger partial charge in [0.25, 0.3) is 0 Å². The maximum Gasteiger partial charge on any atom is 0.177 e. The Hall–Kier alpha value is -3.21. The molecule has 0 radical (unpaired) electrons. The lowest BCUT2D eigenvalue weighted by molar-refractivity contribution is 0.480. The lowest BCUT2D eigenvalue weighted by atomic mass is 10.0. The number of amidine groups is 1. The van der Waals surface area contributed by atoms with Crippen LogP contribution in [0.1, 0.15) is 11.4 Å². The average molecular weight is 290 g/mol. The summed E-state index contributed by atoms with van der Waals surface area (Å²) in [5.74, 6) is 0.660. The Morgan fingerprint density at radius 3 is 2.55 bits per heavy atom. The van der Waals surface area contributed by atoms with Crippen LogP contribution in [0.4, 0.5) is 0 Å². The summed E-state index contributed by atoms with van der Waals surface area (Å²) in [6.45, 7) is 3.81. The van der Waals surface area contributed by atoms with Crippen LogP contribution in [0.15, 0.2) is 66.4 Å². The molecule has 0 amide bonds. The lowest BCUT2D eigenvalue weighted by Gasteiger charge is -2.08. The van der Waals surface area contributed by atoms with Crippen LogP contribution >= 0.6 is 0 Å². The molecule has 0 unspecified atom stereocenters. The first kappa shape index (κ1) is 13.8. The Morgan fingerprint density at radius 2 is 1.77 bits per heavy atom. The molecule has 0 saturated carbocycles. The van der Waals surface area contributed by atoms with Crippen molar-refractivity contribution in [2.45, 2.75) is 0 Å². The summed E-state index contributed by atoms with van der Waals surface area (Å²) in [6, 6.07) is 12.8. The smallest absolute Gasteiger partial charge is 0.177 e. The van der Waals surface area contributed by atoms with Gasteiger partial charge in [0.1, 0.15) is 17.3 Å². The molecule has 1 heterocycles. The fraction of sp³-hybridized carbons (Fsp3) is 0. The van der Waals surface area contributed by atoms with E-state index < -0.39 is 0 Å². The van der Waals surface area contributed by atoms with E-state index in [0.29, 0.717) is 17.1 Å². The molecular weight excluding hydrogens is 276 g/mol. The van der Waals surface area contributed by atoms with Gasteiger partial charge in [0, 0.05) is 17.8 Å². The fourth-order valence-corrected chi connectivity index (χ4v) is 2.17. The Labute approximate surface area is 127 Å². The van der Waals surface area contributed by atoms with Crippen molar-refractivity contribution in [2.24, 2.45) is 10.7 Å². The van der Waals surface area contributed by atoms with E-state index in [1.807, 2.05) is 30.3 Å². The molecule has 0 saturated heterocycles. The third kappa shape index (κ3) is 2.52. The second-order valence-electron chi connectivity index (χ2n) is 4.70. The second kappa shape index (κ2) is 5.65. The number of phenolic OH excluding ortho intramolecular Hbond substituents is 1. The summed E-state index contributed by atoms with van der Waals surface area (Å²) in [5, 5.41) is 12.0. The predicted octanol–water partition coefficient (Wildman–Crippen LogP) is 2.71. The molecule has 0 bridgehead atoms. The van der Waals surface area contributed by atoms with E-state index in [2.05, 4.69) is 21.5 Å². The molecule has 3 aromatic rings. The predicted molar refractivity (Wildman–Crippen MR) is 87.4 cm³/mol. The summed E-state index contributed by atoms with van der Waals surface area (Å²) in [7, 11) is 0. The van der Waals surface area contributed by atoms with Crippen molar-refractivity contribution >= 4 is 22.3 Å². The number of aromatic nitrogens is 2. The quantitative estimate of drug-likeness (QED) is 0.574. The van der Waals surface area contributed by atoms with E-state index in [-0.39, 0.29) is 11.6 Å². The molecule has 0 aliphatic rings. The Kier molecular flexibility index (Phi) is 3.53. The van der Waals surface area contributed by atoms with Crippen molar-refractivity contribution in [3.63, 3.8) is 0 Å². The first-order valence-corrected chi connectivity index (χ1v) is 6.68. The van der Waals surface area contributed by atoms with Gasteiger partial charge in [-0.1, -0.05) is 36.9 Å². The molecule has 0 fully saturated rings. The molecular formula is C17H14N4O. The lowest BCUT2D eigenvalue weighted by Crippen LogP contribution is -2.14. The molecule has 108 valence electrons. The van der Waals surface area contributed by atoms with Gasteiger partial charge in [-0.3, -0.25) is 0 Å². The number of nitrogens with two attached hydrogens (primary N) is 1. The summed E-state index contributed by atoms with van der Waals surface area (Å²) in [5.41, 5.74) is 6.79. The number of aromatic hydroxyl groups is 1. The highest BCUT2D eigenvalue weighted by Gasteiger charge is 2.10. The van der Waals surface area contributed by atoms with Gasteiger partial charge in [0.15, 0.2) is 5.82 Å². The van der Waals surface area contributed by atoms with Gasteiger partial charge in [0.05, 0.1) is 5.56 Å². The minimum Gasteiger partial charge on any atom is -0.507 e. The monoisotopic (exact) mass is 290 g/mol. The van der Waals surface area contributed by atoms with Gasteiger partial charge in [0.2, 0.25) is 0 Å². The van der Waals surface area contributed by atoms with Gasteiger partial charge >= 0.3 is 0 Å². The van der Waals surface area contributed by atoms with Crippen molar-refractivity contribution in [3.05, 3.63) is 72.8 Å². The van der Waals surface area contributed by atoms with Crippen molar-refractivity contribution in [1.29, 1.82) is 0 Å². The number of rotatable bonds is 3. The van der Waals surface area contributed by atoms with Crippen LogP contribution in [0, 0.1) is 0 Å². The molecule has 5 heteroatoms. The van der Waals surface area contributed by atoms with Crippen molar-refractivity contribution in [1.82, 2.24) is 9.97 Å². The number of hydrogen-bond acceptors (Lipinski definition) is 4. The topological polar surface area (TPSA) is 84.4 Å². The van der Waals surface area contributed by atoms with E-state index in [1.165, 1.54) is 0 Å². The van der Waals surface area contributed by atoms with E-state index in [4.69, 9.17) is 5.73 Å². The molecule has 3 N–H and O–H groups in total. The normalized spacial score (nSPS) is 11.5. The van der Waals surface area contributed by atoms with Crippen LogP contribution < -0.4 is 5.73 Å². The molecule has 1 aromatic heterocycles. The molecule has 3 rings (SSSR count). The SMILES string of the molecule is C=C(N=C(N)c1ccc2ccccc2c1O)c1ncccn1. The van der Waals surface area contributed by atoms with Gasteiger partial charge in [-0.05, 0) is 17.5 Å². The first-order valence-electron chi connectivity index (χ1n) is 6.68. The standard InChI is InChI=1S/C17H14N4O/c1-11(17-19-9-4-10-20-17)21-16(18)14-8-7-12-5-2-3-6-13(12)15(14)22/h2-10,22H,1H2,(H2,18,21). The number of aliphatic imine (C=N–C) groups is 1. The van der Waals surface area contributed by atoms with Crippen LogP contribution in [0.5, 0.6) is 5.75 Å². The van der Waals surface area contributed by atoms with E-state index in [9.17, 15) is 5.11 Å². The van der Waals surface area contributed by atoms with Crippen LogP contribution in [-0.2, 0) is 0 Å². The third-order valence-electron chi connectivity index (χ3n) is 3.26. The van der Waals surface area contributed by atoms with Gasteiger partial charge in [-0.15, -0.1) is 0 Å². The first-order chi connectivity index (χ1) is 10.7. The average Bonchev–Trinajstić information content (AvgIpc) is 2.56. The van der Waals surface area contributed by atoms with Crippen molar-refractivity contribution in [3.8, 4) is 5.75 Å². The van der Waals surface area contributed by atoms with E-state index in [0.717, 1.165) is 10.8 Å². The second-order valence-corrected chi connectivity index (χ2v) is 4.70. The van der Waals surface area contributed by atoms with Crippen LogP contribution in [0.2, 0.25) is 0 Å². The minimum atomic E-state index is 0.0983. The van der Waals surface area contributed by atoms with E-state index >= 15 is 0 Å². The van der Waals surface area contributed by atoms with Crippen LogP contribution in [0.25, 0.3) is 16.5 Å². The Morgan fingerprint density at radius 1 is 1.05 bits per heavy atom. The van der Waals surface area contributed by atoms with Gasteiger partial charge in [-0.25, -0.2) is 15.0 Å². The summed E-state index contributed by atoms with van der Waals surface area (Å²) in [6.07, 6.45) is 3.21. The number of fused-ring (bicyclic) bond motifs is 1. The minimum absolute atomic E-state index is 0.0983. The van der Waals surface area contributed by atoms with Crippen molar-refractivity contribution < 1.29 is 5.11 Å². The highest BCUT2D eigenvalue weighted by atomic mass is 16.3. The number of hydrogen-bond donors (Lipinski definition) is 2. The maximum atomic E-state index is 10.4. The van der Waals surface area contributed by atoms with Gasteiger partial charge in [-0.2, -0.15) is 0 Å². The maximum absolute atomic E-state index is 10.4.